The summed E-state index contributed by atoms with van der Waals surface area (Å²) in [7, 11) is 0. The number of nitrogens with one attached hydrogen (secondary N) is 1. The summed E-state index contributed by atoms with van der Waals surface area (Å²) < 4.78 is 5.57. The summed E-state index contributed by atoms with van der Waals surface area (Å²) in [5, 5.41) is 3.51. The zero-order valence-corrected chi connectivity index (χ0v) is 9.01. The molecular weight excluding hydrogens is 162 g/mol. The minimum atomic E-state index is 0.764. The van der Waals surface area contributed by atoms with Crippen LogP contribution in [0, 0.1) is 5.92 Å². The maximum atomic E-state index is 5.57. The van der Waals surface area contributed by atoms with Crippen LogP contribution in [-0.4, -0.2) is 25.8 Å². The molecule has 1 aliphatic rings. The van der Waals surface area contributed by atoms with Crippen LogP contribution in [0.3, 0.4) is 0 Å². The van der Waals surface area contributed by atoms with E-state index in [0.717, 1.165) is 38.1 Å². The van der Waals surface area contributed by atoms with Gasteiger partial charge >= 0.3 is 0 Å². The summed E-state index contributed by atoms with van der Waals surface area (Å²) in [6, 6.07) is 0.764. The monoisotopic (exact) mass is 185 g/mol. The van der Waals surface area contributed by atoms with Gasteiger partial charge < -0.3 is 10.1 Å². The third-order valence-corrected chi connectivity index (χ3v) is 2.74. The largest absolute Gasteiger partial charge is 0.381 e. The van der Waals surface area contributed by atoms with Crippen molar-refractivity contribution in [3.05, 3.63) is 0 Å². The molecule has 2 heteroatoms. The molecule has 0 aromatic carbocycles. The fourth-order valence-corrected chi connectivity index (χ4v) is 2.09. The average Bonchev–Trinajstić information content (AvgIpc) is 2.54. The Morgan fingerprint density at radius 1 is 1.31 bits per heavy atom. The van der Waals surface area contributed by atoms with Crippen LogP contribution in [-0.2, 0) is 4.74 Å². The van der Waals surface area contributed by atoms with Crippen LogP contribution in [0.5, 0.6) is 0 Å². The Balaban J connectivity index is 2.03. The maximum Gasteiger partial charge on any atom is 0.0494 e. The summed E-state index contributed by atoms with van der Waals surface area (Å²) in [6.45, 7) is 7.36. The Hall–Kier alpha value is -0.0800. The highest BCUT2D eigenvalue weighted by atomic mass is 16.5. The van der Waals surface area contributed by atoms with E-state index in [2.05, 4.69) is 19.2 Å². The van der Waals surface area contributed by atoms with E-state index in [4.69, 9.17) is 4.74 Å². The van der Waals surface area contributed by atoms with Crippen molar-refractivity contribution in [3.63, 3.8) is 0 Å². The molecule has 2 unspecified atom stereocenters. The predicted molar refractivity (Wildman–Crippen MR) is 55.9 cm³/mol. The highest BCUT2D eigenvalue weighted by Crippen LogP contribution is 2.25. The SMILES string of the molecule is CCCOCC1CCC(NCC)C1. The molecule has 0 spiro atoms. The minimum Gasteiger partial charge on any atom is -0.381 e. The van der Waals surface area contributed by atoms with Crippen molar-refractivity contribution in [2.45, 2.75) is 45.6 Å². The summed E-state index contributed by atoms with van der Waals surface area (Å²) in [4.78, 5) is 0. The van der Waals surface area contributed by atoms with Crippen LogP contribution in [0.25, 0.3) is 0 Å². The first kappa shape index (κ1) is 11.0. The normalized spacial score (nSPS) is 28.2. The third-order valence-electron chi connectivity index (χ3n) is 2.74. The Kier molecular flexibility index (Phi) is 5.40. The molecule has 1 N–H and O–H groups in total. The van der Waals surface area contributed by atoms with Gasteiger partial charge in [0.1, 0.15) is 0 Å². The zero-order chi connectivity index (χ0) is 9.52. The molecule has 1 saturated carbocycles. The van der Waals surface area contributed by atoms with Gasteiger partial charge in [-0.3, -0.25) is 0 Å². The Morgan fingerprint density at radius 2 is 2.15 bits per heavy atom. The van der Waals surface area contributed by atoms with Gasteiger partial charge in [-0.05, 0) is 38.1 Å². The molecule has 2 nitrogen and oxygen atoms in total. The van der Waals surface area contributed by atoms with Crippen molar-refractivity contribution in [1.82, 2.24) is 5.32 Å². The van der Waals surface area contributed by atoms with Crippen molar-refractivity contribution in [3.8, 4) is 0 Å². The molecule has 0 bridgehead atoms. The van der Waals surface area contributed by atoms with E-state index < -0.39 is 0 Å². The molecule has 0 amide bonds. The summed E-state index contributed by atoms with van der Waals surface area (Å²) in [5.41, 5.74) is 0. The van der Waals surface area contributed by atoms with Gasteiger partial charge in [0.15, 0.2) is 0 Å². The maximum absolute atomic E-state index is 5.57. The Morgan fingerprint density at radius 3 is 2.85 bits per heavy atom. The van der Waals surface area contributed by atoms with Gasteiger partial charge in [0.2, 0.25) is 0 Å². The molecular formula is C11H23NO. The van der Waals surface area contributed by atoms with Gasteiger partial charge in [0.05, 0.1) is 0 Å². The Bertz CT molecular complexity index is 127. The first-order valence-electron chi connectivity index (χ1n) is 5.68. The van der Waals surface area contributed by atoms with Gasteiger partial charge in [-0.25, -0.2) is 0 Å². The summed E-state index contributed by atoms with van der Waals surface area (Å²) in [5.74, 6) is 0.815. The molecule has 0 heterocycles. The van der Waals surface area contributed by atoms with Crippen molar-refractivity contribution >= 4 is 0 Å². The van der Waals surface area contributed by atoms with Crippen molar-refractivity contribution in [2.24, 2.45) is 5.92 Å². The lowest BCUT2D eigenvalue weighted by Crippen LogP contribution is -2.26. The molecule has 2 atom stereocenters. The molecule has 78 valence electrons. The van der Waals surface area contributed by atoms with E-state index in [0.29, 0.717) is 0 Å². The average molecular weight is 185 g/mol. The third kappa shape index (κ3) is 4.10. The molecule has 1 aliphatic carbocycles. The molecule has 13 heavy (non-hydrogen) atoms. The summed E-state index contributed by atoms with van der Waals surface area (Å²) >= 11 is 0. The van der Waals surface area contributed by atoms with Gasteiger partial charge in [-0.2, -0.15) is 0 Å². The van der Waals surface area contributed by atoms with Crippen molar-refractivity contribution in [2.75, 3.05) is 19.8 Å². The summed E-state index contributed by atoms with van der Waals surface area (Å²) in [6.07, 6.45) is 5.15. The molecule has 0 radical (unpaired) electrons. The lowest BCUT2D eigenvalue weighted by Gasteiger charge is -2.11. The van der Waals surface area contributed by atoms with E-state index >= 15 is 0 Å². The number of rotatable bonds is 6. The smallest absolute Gasteiger partial charge is 0.0494 e. The van der Waals surface area contributed by atoms with Crippen LogP contribution in [0.1, 0.15) is 39.5 Å². The fraction of sp³-hybridized carbons (Fsp3) is 1.00. The van der Waals surface area contributed by atoms with Gasteiger partial charge in [-0.15, -0.1) is 0 Å². The lowest BCUT2D eigenvalue weighted by atomic mass is 10.1. The first-order chi connectivity index (χ1) is 6.36. The molecule has 0 aromatic heterocycles. The Labute approximate surface area is 82.0 Å². The highest BCUT2D eigenvalue weighted by Gasteiger charge is 2.23. The second kappa shape index (κ2) is 6.39. The van der Waals surface area contributed by atoms with E-state index in [1.807, 2.05) is 0 Å². The quantitative estimate of drug-likeness (QED) is 0.640. The lowest BCUT2D eigenvalue weighted by molar-refractivity contribution is 0.101. The second-order valence-electron chi connectivity index (χ2n) is 4.01. The fourth-order valence-electron chi connectivity index (χ4n) is 2.09. The molecule has 0 aliphatic heterocycles. The zero-order valence-electron chi connectivity index (χ0n) is 9.01. The van der Waals surface area contributed by atoms with E-state index in [1.165, 1.54) is 19.3 Å². The van der Waals surface area contributed by atoms with E-state index in [1.54, 1.807) is 0 Å². The molecule has 1 fully saturated rings. The highest BCUT2D eigenvalue weighted by molar-refractivity contribution is 4.79. The van der Waals surface area contributed by atoms with E-state index in [-0.39, 0.29) is 0 Å². The number of ether oxygens (including phenoxy) is 1. The topological polar surface area (TPSA) is 21.3 Å². The van der Waals surface area contributed by atoms with Crippen molar-refractivity contribution in [1.29, 1.82) is 0 Å². The second-order valence-corrected chi connectivity index (χ2v) is 4.01. The number of hydrogen-bond acceptors (Lipinski definition) is 2. The van der Waals surface area contributed by atoms with Gasteiger partial charge in [-0.1, -0.05) is 13.8 Å². The van der Waals surface area contributed by atoms with Crippen LogP contribution < -0.4 is 5.32 Å². The van der Waals surface area contributed by atoms with E-state index in [9.17, 15) is 0 Å². The minimum absolute atomic E-state index is 0.764. The van der Waals surface area contributed by atoms with Gasteiger partial charge in [0.25, 0.3) is 0 Å². The van der Waals surface area contributed by atoms with Crippen molar-refractivity contribution < 1.29 is 4.74 Å². The van der Waals surface area contributed by atoms with Gasteiger partial charge in [0, 0.05) is 19.3 Å². The molecule has 0 aromatic rings. The number of hydrogen-bond donors (Lipinski definition) is 1. The van der Waals surface area contributed by atoms with Crippen LogP contribution in [0.15, 0.2) is 0 Å². The molecule has 0 saturated heterocycles. The van der Waals surface area contributed by atoms with Crippen LogP contribution >= 0.6 is 0 Å². The molecule has 1 rings (SSSR count). The first-order valence-corrected chi connectivity index (χ1v) is 5.68. The standard InChI is InChI=1S/C11H23NO/c1-3-7-13-9-10-5-6-11(8-10)12-4-2/h10-12H,3-9H2,1-2H3. The van der Waals surface area contributed by atoms with Crippen LogP contribution in [0.2, 0.25) is 0 Å². The predicted octanol–water partition coefficient (Wildman–Crippen LogP) is 2.19. The van der Waals surface area contributed by atoms with Crippen LogP contribution in [0.4, 0.5) is 0 Å².